The van der Waals surface area contributed by atoms with Crippen molar-refractivity contribution in [2.24, 2.45) is 0 Å². The third kappa shape index (κ3) is 5.24. The molecule has 2 rings (SSSR count). The van der Waals surface area contributed by atoms with Crippen molar-refractivity contribution in [3.63, 3.8) is 0 Å². The Kier molecular flexibility index (Phi) is 6.42. The molecule has 1 atom stereocenters. The van der Waals surface area contributed by atoms with Gasteiger partial charge in [0.25, 0.3) is 0 Å². The summed E-state index contributed by atoms with van der Waals surface area (Å²) in [6, 6.07) is 6.69. The Morgan fingerprint density at radius 3 is 2.04 bits per heavy atom. The van der Waals surface area contributed by atoms with Gasteiger partial charge >= 0.3 is 24.2 Å². The largest absolute Gasteiger partial charge is 0.493 e. The van der Waals surface area contributed by atoms with Crippen LogP contribution in [0.25, 0.3) is 0 Å². The van der Waals surface area contributed by atoms with Gasteiger partial charge in [-0.15, -0.1) is 0 Å². The van der Waals surface area contributed by atoms with Crippen molar-refractivity contribution >= 4 is 17.9 Å². The van der Waals surface area contributed by atoms with Gasteiger partial charge in [-0.1, -0.05) is 12.1 Å². The number of esters is 3. The van der Waals surface area contributed by atoms with Gasteiger partial charge in [0.1, 0.15) is 6.26 Å². The van der Waals surface area contributed by atoms with E-state index in [1.54, 1.807) is 24.3 Å². The van der Waals surface area contributed by atoms with Crippen LogP contribution in [0.2, 0.25) is 0 Å². The highest BCUT2D eigenvalue weighted by atomic mass is 16.7. The van der Waals surface area contributed by atoms with Crippen molar-refractivity contribution < 1.29 is 42.8 Å². The lowest BCUT2D eigenvalue weighted by Crippen LogP contribution is -2.30. The molecule has 0 aliphatic carbocycles. The van der Waals surface area contributed by atoms with Crippen LogP contribution in [0.4, 0.5) is 0 Å². The average Bonchev–Trinajstić information content (AvgIpc) is 2.59. The molecule has 9 heteroatoms. The summed E-state index contributed by atoms with van der Waals surface area (Å²) >= 11 is 0. The maximum absolute atomic E-state index is 11.5. The summed E-state index contributed by atoms with van der Waals surface area (Å²) in [4.78, 5) is 34.3. The van der Waals surface area contributed by atoms with Crippen LogP contribution in [0.1, 0.15) is 20.8 Å². The van der Waals surface area contributed by atoms with E-state index in [0.717, 1.165) is 27.0 Å². The molecule has 0 saturated heterocycles. The highest BCUT2D eigenvalue weighted by molar-refractivity contribution is 5.71. The van der Waals surface area contributed by atoms with E-state index in [1.165, 1.54) is 7.11 Å². The van der Waals surface area contributed by atoms with Crippen LogP contribution in [0.3, 0.4) is 0 Å². The normalized spacial score (nSPS) is 15.9. The van der Waals surface area contributed by atoms with E-state index in [1.807, 2.05) is 0 Å². The fraction of sp³-hybridized carbons (Fsp3) is 0.278. The van der Waals surface area contributed by atoms with Gasteiger partial charge < -0.3 is 28.4 Å². The van der Waals surface area contributed by atoms with Gasteiger partial charge in [0.15, 0.2) is 11.5 Å². The molecule has 0 saturated carbocycles. The van der Waals surface area contributed by atoms with Crippen LogP contribution >= 0.6 is 0 Å². The number of carbonyl (C=O) groups is 3. The summed E-state index contributed by atoms with van der Waals surface area (Å²) in [5.41, 5.74) is 0. The van der Waals surface area contributed by atoms with E-state index in [4.69, 9.17) is 28.4 Å². The molecule has 0 amide bonds. The van der Waals surface area contributed by atoms with Crippen molar-refractivity contribution in [3.05, 3.63) is 47.8 Å². The highest BCUT2D eigenvalue weighted by Crippen LogP contribution is 2.33. The average molecular weight is 378 g/mol. The van der Waals surface area contributed by atoms with Crippen LogP contribution in [0, 0.1) is 0 Å². The van der Waals surface area contributed by atoms with E-state index in [0.29, 0.717) is 5.75 Å². The Labute approximate surface area is 155 Å². The lowest BCUT2D eigenvalue weighted by molar-refractivity contribution is -0.149. The van der Waals surface area contributed by atoms with E-state index in [9.17, 15) is 14.4 Å². The molecule has 9 nitrogen and oxygen atoms in total. The van der Waals surface area contributed by atoms with E-state index in [-0.39, 0.29) is 23.0 Å². The standard InChI is InChI=1S/C18H18O9/c1-10(19)24-15-9-23-18(27-14-8-6-5-7-13(14)22-4)17(26-12(3)21)16(15)25-11(2)20/h5-9,18H,1-4H3. The van der Waals surface area contributed by atoms with Gasteiger partial charge in [-0.25, -0.2) is 0 Å². The third-order valence-corrected chi connectivity index (χ3v) is 3.02. The number of carbonyl (C=O) groups excluding carboxylic acids is 3. The predicted octanol–water partition coefficient (Wildman–Crippen LogP) is 2.17. The van der Waals surface area contributed by atoms with Crippen molar-refractivity contribution in [1.82, 2.24) is 0 Å². The van der Waals surface area contributed by atoms with Gasteiger partial charge in [0.2, 0.25) is 17.3 Å². The first-order valence-corrected chi connectivity index (χ1v) is 7.77. The molecule has 0 aromatic heterocycles. The molecule has 0 bridgehead atoms. The molecule has 27 heavy (non-hydrogen) atoms. The predicted molar refractivity (Wildman–Crippen MR) is 88.9 cm³/mol. The summed E-state index contributed by atoms with van der Waals surface area (Å²) in [5.74, 6) is -2.31. The van der Waals surface area contributed by atoms with Gasteiger partial charge in [0, 0.05) is 20.8 Å². The van der Waals surface area contributed by atoms with Crippen LogP contribution in [-0.4, -0.2) is 31.3 Å². The Balaban J connectivity index is 2.45. The number of hydrogen-bond donors (Lipinski definition) is 0. The molecule has 1 aromatic rings. The summed E-state index contributed by atoms with van der Waals surface area (Å²) in [6.07, 6.45) is -0.286. The second-order valence-corrected chi connectivity index (χ2v) is 5.19. The minimum atomic E-state index is -1.31. The topological polar surface area (TPSA) is 107 Å². The minimum Gasteiger partial charge on any atom is -0.493 e. The zero-order chi connectivity index (χ0) is 20.0. The van der Waals surface area contributed by atoms with Crippen LogP contribution < -0.4 is 9.47 Å². The molecular weight excluding hydrogens is 360 g/mol. The number of rotatable bonds is 6. The molecule has 1 aliphatic rings. The molecule has 1 aromatic carbocycles. The van der Waals surface area contributed by atoms with Crippen LogP contribution in [0.15, 0.2) is 47.8 Å². The summed E-state index contributed by atoms with van der Waals surface area (Å²) in [6.45, 7) is 3.42. The molecule has 1 heterocycles. The number of ether oxygens (including phenoxy) is 6. The first-order valence-electron chi connectivity index (χ1n) is 7.77. The second-order valence-electron chi connectivity index (χ2n) is 5.19. The minimum absolute atomic E-state index is 0.242. The number of hydrogen-bond acceptors (Lipinski definition) is 9. The maximum Gasteiger partial charge on any atom is 0.308 e. The van der Waals surface area contributed by atoms with Gasteiger partial charge in [-0.05, 0) is 12.1 Å². The van der Waals surface area contributed by atoms with E-state index >= 15 is 0 Å². The number of benzene rings is 1. The zero-order valence-corrected chi connectivity index (χ0v) is 15.1. The second kappa shape index (κ2) is 8.75. The number of para-hydroxylation sites is 2. The fourth-order valence-corrected chi connectivity index (χ4v) is 2.10. The van der Waals surface area contributed by atoms with Gasteiger partial charge in [-0.2, -0.15) is 0 Å². The summed E-state index contributed by atoms with van der Waals surface area (Å²) in [7, 11) is 1.45. The molecule has 1 unspecified atom stereocenters. The Hall–Kier alpha value is -3.49. The molecular formula is C18H18O9. The maximum atomic E-state index is 11.5. The first-order chi connectivity index (χ1) is 12.8. The van der Waals surface area contributed by atoms with Crippen molar-refractivity contribution in [1.29, 1.82) is 0 Å². The summed E-state index contributed by atoms with van der Waals surface area (Å²) in [5, 5.41) is 0. The van der Waals surface area contributed by atoms with Crippen molar-refractivity contribution in [2.75, 3.05) is 7.11 Å². The molecule has 144 valence electrons. The van der Waals surface area contributed by atoms with Gasteiger partial charge in [0.05, 0.1) is 7.11 Å². The SMILES string of the molecule is COc1ccccc1OC1OC=C(OC(C)=O)C(OC(C)=O)=C1OC(C)=O. The quantitative estimate of drug-likeness (QED) is 0.544. The highest BCUT2D eigenvalue weighted by Gasteiger charge is 2.35. The van der Waals surface area contributed by atoms with Crippen LogP contribution in [-0.2, 0) is 33.3 Å². The molecule has 0 fully saturated rings. The molecule has 0 radical (unpaired) electrons. The Morgan fingerprint density at radius 2 is 1.48 bits per heavy atom. The first kappa shape index (κ1) is 19.8. The Morgan fingerprint density at radius 1 is 0.889 bits per heavy atom. The summed E-state index contributed by atoms with van der Waals surface area (Å²) < 4.78 is 31.4. The number of methoxy groups -OCH3 is 1. The third-order valence-electron chi connectivity index (χ3n) is 3.02. The van der Waals surface area contributed by atoms with E-state index in [2.05, 4.69) is 0 Å². The lowest BCUT2D eigenvalue weighted by atomic mass is 10.3. The molecule has 1 aliphatic heterocycles. The zero-order valence-electron chi connectivity index (χ0n) is 15.1. The lowest BCUT2D eigenvalue weighted by Gasteiger charge is -2.27. The monoisotopic (exact) mass is 378 g/mol. The Bertz CT molecular complexity index is 807. The molecule has 0 spiro atoms. The van der Waals surface area contributed by atoms with Crippen molar-refractivity contribution in [3.8, 4) is 11.5 Å². The fourth-order valence-electron chi connectivity index (χ4n) is 2.10. The van der Waals surface area contributed by atoms with Gasteiger partial charge in [-0.3, -0.25) is 14.4 Å². The van der Waals surface area contributed by atoms with Crippen LogP contribution in [0.5, 0.6) is 11.5 Å². The van der Waals surface area contributed by atoms with E-state index < -0.39 is 24.2 Å². The smallest absolute Gasteiger partial charge is 0.308 e. The molecule has 0 N–H and O–H groups in total. The van der Waals surface area contributed by atoms with Crippen molar-refractivity contribution in [2.45, 2.75) is 27.1 Å².